The number of amides is 3. The molecule has 2 aromatic heterocycles. The van der Waals surface area contributed by atoms with Crippen LogP contribution in [0.25, 0.3) is 11.3 Å². The van der Waals surface area contributed by atoms with Gasteiger partial charge in [-0.05, 0) is 23.1 Å². The Labute approximate surface area is 184 Å². The van der Waals surface area contributed by atoms with Crippen LogP contribution in [0.3, 0.4) is 0 Å². The minimum atomic E-state index is -0.504. The lowest BCUT2D eigenvalue weighted by Crippen LogP contribution is -2.40. The molecule has 0 saturated carbocycles. The number of thiazole rings is 1. The number of carbonyl (C=O) groups excluding carboxylic acids is 3. The third kappa shape index (κ3) is 6.26. The molecular weight excluding hydrogens is 416 g/mol. The number of aromatic nitrogens is 1. The lowest BCUT2D eigenvalue weighted by atomic mass is 9.86. The third-order valence-electron chi connectivity index (χ3n) is 4.40. The second-order valence-corrected chi connectivity index (χ2v) is 8.71. The van der Waals surface area contributed by atoms with Gasteiger partial charge in [-0.15, -0.1) is 11.3 Å². The van der Waals surface area contributed by atoms with Crippen LogP contribution in [0.4, 0.5) is 5.13 Å². The average molecular weight is 441 g/mol. The van der Waals surface area contributed by atoms with Crippen molar-refractivity contribution in [3.63, 3.8) is 0 Å². The van der Waals surface area contributed by atoms with Crippen molar-refractivity contribution in [1.82, 2.24) is 15.6 Å². The molecule has 0 spiro atoms. The lowest BCUT2D eigenvalue weighted by Gasteiger charge is -2.18. The Balaban J connectivity index is 1.45. The van der Waals surface area contributed by atoms with Crippen molar-refractivity contribution < 1.29 is 18.8 Å². The number of hydrogen-bond donors (Lipinski definition) is 3. The van der Waals surface area contributed by atoms with Crippen molar-refractivity contribution >= 4 is 34.2 Å². The molecule has 0 aliphatic rings. The molecule has 0 atom stereocenters. The van der Waals surface area contributed by atoms with Gasteiger partial charge in [-0.25, -0.2) is 4.98 Å². The fourth-order valence-corrected chi connectivity index (χ4v) is 3.40. The maximum atomic E-state index is 12.1. The molecule has 0 aliphatic carbocycles. The average Bonchev–Trinajstić information content (AvgIpc) is 3.42. The number of furan rings is 1. The molecule has 3 amide bonds. The molecule has 0 unspecified atom stereocenters. The number of nitrogens with zero attached hydrogens (tertiary/aromatic N) is 1. The highest BCUT2D eigenvalue weighted by Crippen LogP contribution is 2.28. The van der Waals surface area contributed by atoms with E-state index in [0.29, 0.717) is 5.13 Å². The Hall–Kier alpha value is -3.46. The van der Waals surface area contributed by atoms with E-state index in [9.17, 15) is 14.4 Å². The van der Waals surface area contributed by atoms with Gasteiger partial charge in [0, 0.05) is 10.9 Å². The van der Waals surface area contributed by atoms with Crippen LogP contribution in [0, 0.1) is 0 Å². The Morgan fingerprint density at radius 1 is 1.00 bits per heavy atom. The fourth-order valence-electron chi connectivity index (χ4n) is 2.66. The summed E-state index contributed by atoms with van der Waals surface area (Å²) in [7, 11) is 0. The highest BCUT2D eigenvalue weighted by molar-refractivity contribution is 7.14. The van der Waals surface area contributed by atoms with Gasteiger partial charge in [0.15, 0.2) is 10.9 Å². The summed E-state index contributed by atoms with van der Waals surface area (Å²) in [5.41, 5.74) is 3.04. The van der Waals surface area contributed by atoms with E-state index in [1.54, 1.807) is 6.07 Å². The molecule has 0 bridgehead atoms. The van der Waals surface area contributed by atoms with Gasteiger partial charge >= 0.3 is 0 Å². The summed E-state index contributed by atoms with van der Waals surface area (Å²) in [6, 6.07) is 11.2. The summed E-state index contributed by atoms with van der Waals surface area (Å²) in [6.07, 6.45) is 1.37. The Morgan fingerprint density at radius 3 is 2.35 bits per heavy atom. The number of nitrogens with one attached hydrogen (secondary N) is 3. The SMILES string of the molecule is CC(C)(C)c1ccc(-c2csc(NC(=O)CNC(=O)CNC(=O)c3ccco3)n2)cc1. The van der Waals surface area contributed by atoms with Gasteiger partial charge in [-0.1, -0.05) is 45.0 Å². The van der Waals surface area contributed by atoms with E-state index in [0.717, 1.165) is 11.3 Å². The summed E-state index contributed by atoms with van der Waals surface area (Å²) < 4.78 is 4.93. The van der Waals surface area contributed by atoms with Gasteiger partial charge in [0.1, 0.15) is 0 Å². The molecule has 0 saturated heterocycles. The standard InChI is InChI=1S/C22H24N4O4S/c1-22(2,3)15-8-6-14(7-9-15)16-13-31-21(25-16)26-19(28)12-23-18(27)11-24-20(29)17-5-4-10-30-17/h4-10,13H,11-12H2,1-3H3,(H,23,27)(H,24,29)(H,25,26,28). The molecule has 31 heavy (non-hydrogen) atoms. The van der Waals surface area contributed by atoms with E-state index in [1.165, 1.54) is 29.2 Å². The van der Waals surface area contributed by atoms with Gasteiger partial charge in [0.2, 0.25) is 11.8 Å². The van der Waals surface area contributed by atoms with Gasteiger partial charge < -0.3 is 20.4 Å². The van der Waals surface area contributed by atoms with Crippen LogP contribution in [0.15, 0.2) is 52.5 Å². The van der Waals surface area contributed by atoms with Gasteiger partial charge in [-0.2, -0.15) is 0 Å². The smallest absolute Gasteiger partial charge is 0.287 e. The van der Waals surface area contributed by atoms with E-state index in [-0.39, 0.29) is 24.3 Å². The molecule has 2 heterocycles. The van der Waals surface area contributed by atoms with E-state index in [4.69, 9.17) is 4.42 Å². The maximum absolute atomic E-state index is 12.1. The summed E-state index contributed by atoms with van der Waals surface area (Å²) in [6.45, 7) is 5.97. The first-order chi connectivity index (χ1) is 14.7. The predicted octanol–water partition coefficient (Wildman–Crippen LogP) is 3.19. The van der Waals surface area contributed by atoms with Crippen LogP contribution in [-0.2, 0) is 15.0 Å². The van der Waals surface area contributed by atoms with Crippen LogP contribution in [0.5, 0.6) is 0 Å². The molecule has 0 fully saturated rings. The number of rotatable bonds is 7. The largest absolute Gasteiger partial charge is 0.459 e. The summed E-state index contributed by atoms with van der Waals surface area (Å²) >= 11 is 1.31. The van der Waals surface area contributed by atoms with Gasteiger partial charge in [-0.3, -0.25) is 14.4 Å². The zero-order valence-electron chi connectivity index (χ0n) is 17.5. The topological polar surface area (TPSA) is 113 Å². The molecule has 8 nitrogen and oxygen atoms in total. The number of benzene rings is 1. The number of anilines is 1. The number of hydrogen-bond acceptors (Lipinski definition) is 6. The first-order valence-corrected chi connectivity index (χ1v) is 10.5. The minimum absolute atomic E-state index is 0.0752. The first-order valence-electron chi connectivity index (χ1n) is 9.67. The van der Waals surface area contributed by atoms with Crippen LogP contribution in [0.1, 0.15) is 36.9 Å². The van der Waals surface area contributed by atoms with E-state index in [2.05, 4.69) is 53.8 Å². The summed E-state index contributed by atoms with van der Waals surface area (Å²) in [5, 5.41) is 9.82. The highest BCUT2D eigenvalue weighted by Gasteiger charge is 2.15. The second kappa shape index (κ2) is 9.57. The van der Waals surface area contributed by atoms with Crippen molar-refractivity contribution in [2.45, 2.75) is 26.2 Å². The van der Waals surface area contributed by atoms with E-state index < -0.39 is 17.7 Å². The van der Waals surface area contributed by atoms with Gasteiger partial charge in [0.05, 0.1) is 25.0 Å². The normalized spacial score (nSPS) is 11.1. The first kappa shape index (κ1) is 22.2. The molecule has 3 N–H and O–H groups in total. The fraction of sp³-hybridized carbons (Fsp3) is 0.273. The van der Waals surface area contributed by atoms with Crippen molar-refractivity contribution in [2.75, 3.05) is 18.4 Å². The molecule has 1 aromatic carbocycles. The molecule has 9 heteroatoms. The predicted molar refractivity (Wildman–Crippen MR) is 119 cm³/mol. The monoisotopic (exact) mass is 440 g/mol. The van der Waals surface area contributed by atoms with Crippen molar-refractivity contribution in [3.8, 4) is 11.3 Å². The van der Waals surface area contributed by atoms with Gasteiger partial charge in [0.25, 0.3) is 5.91 Å². The molecule has 3 rings (SSSR count). The highest BCUT2D eigenvalue weighted by atomic mass is 32.1. The maximum Gasteiger partial charge on any atom is 0.287 e. The quantitative estimate of drug-likeness (QED) is 0.522. The van der Waals surface area contributed by atoms with Crippen molar-refractivity contribution in [3.05, 3.63) is 59.4 Å². The van der Waals surface area contributed by atoms with E-state index in [1.807, 2.05) is 17.5 Å². The molecule has 3 aromatic rings. The molecule has 0 aliphatic heterocycles. The minimum Gasteiger partial charge on any atom is -0.459 e. The zero-order chi connectivity index (χ0) is 22.4. The molecule has 0 radical (unpaired) electrons. The van der Waals surface area contributed by atoms with Crippen LogP contribution in [0.2, 0.25) is 0 Å². The lowest BCUT2D eigenvalue weighted by molar-refractivity contribution is -0.123. The second-order valence-electron chi connectivity index (χ2n) is 7.85. The van der Waals surface area contributed by atoms with Crippen molar-refractivity contribution in [2.24, 2.45) is 0 Å². The van der Waals surface area contributed by atoms with E-state index >= 15 is 0 Å². The summed E-state index contributed by atoms with van der Waals surface area (Å²) in [4.78, 5) is 40.0. The third-order valence-corrected chi connectivity index (χ3v) is 5.16. The van der Waals surface area contributed by atoms with Crippen LogP contribution >= 0.6 is 11.3 Å². The Bertz CT molecular complexity index is 1050. The van der Waals surface area contributed by atoms with Crippen LogP contribution in [-0.4, -0.2) is 35.8 Å². The number of carbonyl (C=O) groups is 3. The molecular formula is C22H24N4O4S. The Morgan fingerprint density at radius 2 is 1.71 bits per heavy atom. The van der Waals surface area contributed by atoms with Crippen molar-refractivity contribution in [1.29, 1.82) is 0 Å². The summed E-state index contributed by atoms with van der Waals surface area (Å²) in [5.74, 6) is -1.29. The molecule has 162 valence electrons. The van der Waals surface area contributed by atoms with Crippen LogP contribution < -0.4 is 16.0 Å². The zero-order valence-corrected chi connectivity index (χ0v) is 18.3. The Kier molecular flexibility index (Phi) is 6.86.